The molecule has 17 nitrogen and oxygen atoms in total. The Morgan fingerprint density at radius 3 is 0.816 bits per heavy atom. The van der Waals surface area contributed by atoms with Crippen molar-refractivity contribution < 1.29 is 66.7 Å². The SMILES string of the molecule is CCCOCCOCCOCCOCCOCCOCCOCCOCCOCCOCCOCCOCCOCCN(N)/C=C(\N)CO. The molecule has 0 saturated heterocycles. The number of nitrogens with two attached hydrogens (primary N) is 2. The number of aliphatic hydroxyl groups excluding tert-OH is 1. The molecule has 0 amide bonds. The van der Waals surface area contributed by atoms with Crippen molar-refractivity contribution in [2.45, 2.75) is 13.3 Å². The van der Waals surface area contributed by atoms with Crippen LogP contribution in [0.5, 0.6) is 0 Å². The van der Waals surface area contributed by atoms with Crippen LogP contribution in [-0.4, -0.2) is 195 Å². The molecule has 0 fully saturated rings. The van der Waals surface area contributed by atoms with Gasteiger partial charge in [0.05, 0.1) is 184 Å². The minimum atomic E-state index is -0.235. The summed E-state index contributed by atoms with van der Waals surface area (Å²) in [6.07, 6.45) is 2.49. The number of hydrogen-bond acceptors (Lipinski definition) is 17. The molecule has 0 aromatic carbocycles. The van der Waals surface area contributed by atoms with E-state index in [4.69, 9.17) is 78.3 Å². The van der Waals surface area contributed by atoms with Crippen molar-refractivity contribution in [2.24, 2.45) is 11.6 Å². The van der Waals surface area contributed by atoms with Crippen LogP contribution in [0.25, 0.3) is 0 Å². The van der Waals surface area contributed by atoms with Crippen molar-refractivity contribution in [3.05, 3.63) is 11.9 Å². The number of aliphatic hydroxyl groups is 1. The Morgan fingerprint density at radius 2 is 0.612 bits per heavy atom. The van der Waals surface area contributed by atoms with Crippen molar-refractivity contribution in [1.82, 2.24) is 5.01 Å². The van der Waals surface area contributed by atoms with E-state index in [1.807, 2.05) is 0 Å². The first-order valence-corrected chi connectivity index (χ1v) is 17.3. The average molecular weight is 718 g/mol. The van der Waals surface area contributed by atoms with Crippen LogP contribution in [0.4, 0.5) is 0 Å². The lowest BCUT2D eigenvalue weighted by atomic mass is 10.5. The van der Waals surface area contributed by atoms with Gasteiger partial charge in [0.1, 0.15) is 0 Å². The predicted octanol–water partition coefficient (Wildman–Crippen LogP) is -0.420. The number of rotatable bonds is 43. The molecule has 0 radical (unpaired) electrons. The zero-order valence-electron chi connectivity index (χ0n) is 29.9. The Balaban J connectivity index is 3.09. The highest BCUT2D eigenvalue weighted by Gasteiger charge is 1.98. The third-order valence-electron chi connectivity index (χ3n) is 5.82. The maximum absolute atomic E-state index is 8.83. The van der Waals surface area contributed by atoms with Gasteiger partial charge in [-0.1, -0.05) is 6.92 Å². The standard InChI is InChI=1S/C32H67N3O14/c1-2-4-37-6-8-39-10-12-41-14-16-43-18-20-45-22-24-47-26-28-49-29-27-48-25-23-46-21-19-44-17-15-42-13-11-40-9-7-38-5-3-35(34)30-32(33)31-36/h30,36H,2-29,31,33-34H2,1H3/b32-30-. The van der Waals surface area contributed by atoms with E-state index in [1.165, 1.54) is 11.2 Å². The zero-order valence-corrected chi connectivity index (χ0v) is 29.9. The second kappa shape index (κ2) is 42.9. The lowest BCUT2D eigenvalue weighted by molar-refractivity contribution is -0.0290. The molecule has 0 heterocycles. The fourth-order valence-electron chi connectivity index (χ4n) is 3.37. The number of hydrazine groups is 1. The summed E-state index contributed by atoms with van der Waals surface area (Å²) in [7, 11) is 0. The first-order chi connectivity index (χ1) is 24.2. The highest BCUT2D eigenvalue weighted by molar-refractivity contribution is 4.94. The summed E-state index contributed by atoms with van der Waals surface area (Å²) < 4.78 is 70.8. The molecule has 0 bridgehead atoms. The summed E-state index contributed by atoms with van der Waals surface area (Å²) in [4.78, 5) is 0. The van der Waals surface area contributed by atoms with Crippen molar-refractivity contribution in [3.8, 4) is 0 Å². The molecule has 294 valence electrons. The Morgan fingerprint density at radius 1 is 0.408 bits per heavy atom. The van der Waals surface area contributed by atoms with Gasteiger partial charge in [0.25, 0.3) is 0 Å². The second-order valence-electron chi connectivity index (χ2n) is 10.1. The zero-order chi connectivity index (χ0) is 35.6. The van der Waals surface area contributed by atoms with Crippen LogP contribution in [0.15, 0.2) is 11.9 Å². The lowest BCUT2D eigenvalue weighted by Crippen LogP contribution is -2.30. The Kier molecular flexibility index (Phi) is 41.8. The second-order valence-corrected chi connectivity index (χ2v) is 10.1. The van der Waals surface area contributed by atoms with E-state index in [9.17, 15) is 0 Å². The van der Waals surface area contributed by atoms with Gasteiger partial charge in [-0.25, -0.2) is 5.84 Å². The molecule has 0 unspecified atom stereocenters. The molecule has 0 rings (SSSR count). The molecule has 17 heteroatoms. The molecule has 0 aliphatic rings. The summed E-state index contributed by atoms with van der Waals surface area (Å²) >= 11 is 0. The van der Waals surface area contributed by atoms with Gasteiger partial charge in [-0.3, -0.25) is 0 Å². The van der Waals surface area contributed by atoms with Gasteiger partial charge < -0.3 is 77.4 Å². The minimum absolute atomic E-state index is 0.235. The summed E-state index contributed by atoms with van der Waals surface area (Å²) in [6, 6.07) is 0. The Bertz CT molecular complexity index is 658. The van der Waals surface area contributed by atoms with Crippen molar-refractivity contribution >= 4 is 0 Å². The van der Waals surface area contributed by atoms with Crippen molar-refractivity contribution in [2.75, 3.05) is 185 Å². The number of hydrogen-bond donors (Lipinski definition) is 3. The maximum Gasteiger partial charge on any atom is 0.0840 e. The fourth-order valence-corrected chi connectivity index (χ4v) is 3.37. The van der Waals surface area contributed by atoms with E-state index in [-0.39, 0.29) is 6.61 Å². The van der Waals surface area contributed by atoms with Crippen LogP contribution in [0.3, 0.4) is 0 Å². The molecule has 0 aliphatic carbocycles. The van der Waals surface area contributed by atoms with E-state index in [0.29, 0.717) is 177 Å². The lowest BCUT2D eigenvalue weighted by Gasteiger charge is -2.14. The highest BCUT2D eigenvalue weighted by atomic mass is 16.6. The average Bonchev–Trinajstić information content (AvgIpc) is 3.10. The van der Waals surface area contributed by atoms with E-state index in [0.717, 1.165) is 13.0 Å². The number of nitrogens with zero attached hydrogens (tertiary/aromatic N) is 1. The van der Waals surface area contributed by atoms with Crippen molar-refractivity contribution in [3.63, 3.8) is 0 Å². The smallest absolute Gasteiger partial charge is 0.0840 e. The van der Waals surface area contributed by atoms with E-state index < -0.39 is 0 Å². The van der Waals surface area contributed by atoms with Crippen LogP contribution in [0.1, 0.15) is 13.3 Å². The Hall–Kier alpha value is -1.26. The molecule has 5 N–H and O–H groups in total. The largest absolute Gasteiger partial charge is 0.399 e. The highest BCUT2D eigenvalue weighted by Crippen LogP contribution is 1.89. The van der Waals surface area contributed by atoms with Gasteiger partial charge in [-0.05, 0) is 6.42 Å². The maximum atomic E-state index is 8.83. The molecule has 0 saturated carbocycles. The third-order valence-corrected chi connectivity index (χ3v) is 5.82. The molecular weight excluding hydrogens is 650 g/mol. The van der Waals surface area contributed by atoms with Crippen molar-refractivity contribution in [1.29, 1.82) is 0 Å². The molecule has 0 aliphatic heterocycles. The predicted molar refractivity (Wildman–Crippen MR) is 181 cm³/mol. The summed E-state index contributed by atoms with van der Waals surface area (Å²) in [5.41, 5.74) is 5.77. The van der Waals surface area contributed by atoms with E-state index >= 15 is 0 Å². The Labute approximate surface area is 293 Å². The van der Waals surface area contributed by atoms with Crippen LogP contribution >= 0.6 is 0 Å². The van der Waals surface area contributed by atoms with Crippen LogP contribution < -0.4 is 11.6 Å². The first-order valence-electron chi connectivity index (χ1n) is 17.3. The third kappa shape index (κ3) is 42.8. The molecule has 0 aromatic rings. The van der Waals surface area contributed by atoms with Crippen LogP contribution in [-0.2, 0) is 61.6 Å². The molecule has 49 heavy (non-hydrogen) atoms. The summed E-state index contributed by atoms with van der Waals surface area (Å²) in [5, 5.41) is 10.2. The van der Waals surface area contributed by atoms with Crippen LogP contribution in [0, 0.1) is 0 Å². The number of ether oxygens (including phenoxy) is 13. The molecular formula is C32H67N3O14. The topological polar surface area (TPSA) is 196 Å². The first kappa shape index (κ1) is 47.7. The van der Waals surface area contributed by atoms with E-state index in [1.54, 1.807) is 0 Å². The molecule has 0 aromatic heterocycles. The van der Waals surface area contributed by atoms with E-state index in [2.05, 4.69) is 6.92 Å². The van der Waals surface area contributed by atoms with Gasteiger partial charge in [0.2, 0.25) is 0 Å². The molecule has 0 spiro atoms. The monoisotopic (exact) mass is 717 g/mol. The van der Waals surface area contributed by atoms with Gasteiger partial charge >= 0.3 is 0 Å². The van der Waals surface area contributed by atoms with Gasteiger partial charge in [0, 0.05) is 12.8 Å². The quantitative estimate of drug-likeness (QED) is 0.0418. The fraction of sp³-hybridized carbons (Fsp3) is 0.938. The minimum Gasteiger partial charge on any atom is -0.399 e. The van der Waals surface area contributed by atoms with Gasteiger partial charge in [-0.2, -0.15) is 0 Å². The summed E-state index contributed by atoms with van der Waals surface area (Å²) in [6.45, 7) is 15.7. The summed E-state index contributed by atoms with van der Waals surface area (Å²) in [5.74, 6) is 5.68. The van der Waals surface area contributed by atoms with Gasteiger partial charge in [0.15, 0.2) is 0 Å². The van der Waals surface area contributed by atoms with Gasteiger partial charge in [-0.15, -0.1) is 0 Å². The molecule has 0 atom stereocenters. The van der Waals surface area contributed by atoms with Crippen LogP contribution in [0.2, 0.25) is 0 Å². The normalized spacial score (nSPS) is 11.9.